The fourth-order valence-corrected chi connectivity index (χ4v) is 2.42. The number of aromatic nitrogens is 2. The fourth-order valence-electron chi connectivity index (χ4n) is 2.42. The predicted octanol–water partition coefficient (Wildman–Crippen LogP) is 3.55. The van der Waals surface area contributed by atoms with Gasteiger partial charge in [-0.25, -0.2) is 4.57 Å². The van der Waals surface area contributed by atoms with Gasteiger partial charge in [-0.1, -0.05) is 18.2 Å². The lowest BCUT2D eigenvalue weighted by Crippen LogP contribution is -2.30. The fraction of sp³-hybridized carbons (Fsp3) is 0.111. The second-order valence-corrected chi connectivity index (χ2v) is 4.96. The lowest BCUT2D eigenvalue weighted by atomic mass is 10.0. The van der Waals surface area contributed by atoms with Crippen molar-refractivity contribution in [2.24, 2.45) is 7.05 Å². The van der Waals surface area contributed by atoms with Crippen LogP contribution in [0, 0.1) is 6.92 Å². The molecule has 98 valence electrons. The second-order valence-electron chi connectivity index (χ2n) is 4.96. The molecule has 2 nitrogen and oxygen atoms in total. The van der Waals surface area contributed by atoms with Crippen molar-refractivity contribution in [1.82, 2.24) is 4.98 Å². The minimum Gasteiger partial charge on any atom is -0.265 e. The Hall–Kier alpha value is -2.48. The monoisotopic (exact) mass is 261 g/mol. The average molecular weight is 261 g/mol. The van der Waals surface area contributed by atoms with E-state index >= 15 is 0 Å². The molecule has 20 heavy (non-hydrogen) atoms. The van der Waals surface area contributed by atoms with E-state index in [2.05, 4.69) is 66.1 Å². The zero-order chi connectivity index (χ0) is 13.9. The van der Waals surface area contributed by atoms with E-state index in [0.717, 1.165) is 0 Å². The maximum Gasteiger partial charge on any atom is 0.213 e. The van der Waals surface area contributed by atoms with E-state index in [4.69, 9.17) is 0 Å². The highest BCUT2D eigenvalue weighted by Crippen LogP contribution is 2.24. The SMILES string of the molecule is Cc1ccccc1-c1cc(-c2ccncc2)cc[n+]1C. The topological polar surface area (TPSA) is 16.8 Å². The van der Waals surface area contributed by atoms with Crippen LogP contribution in [0.25, 0.3) is 22.4 Å². The number of benzene rings is 1. The highest BCUT2D eigenvalue weighted by atomic mass is 14.9. The van der Waals surface area contributed by atoms with Crippen LogP contribution < -0.4 is 4.57 Å². The smallest absolute Gasteiger partial charge is 0.213 e. The largest absolute Gasteiger partial charge is 0.265 e. The maximum absolute atomic E-state index is 4.08. The lowest BCUT2D eigenvalue weighted by Gasteiger charge is -2.06. The summed E-state index contributed by atoms with van der Waals surface area (Å²) >= 11 is 0. The molecular formula is C18H17N2+. The van der Waals surface area contributed by atoms with Crippen molar-refractivity contribution in [3.8, 4) is 22.4 Å². The number of hydrogen-bond acceptors (Lipinski definition) is 1. The van der Waals surface area contributed by atoms with Crippen LogP contribution in [0.1, 0.15) is 5.56 Å². The van der Waals surface area contributed by atoms with Crippen LogP contribution in [0.4, 0.5) is 0 Å². The summed E-state index contributed by atoms with van der Waals surface area (Å²) in [4.78, 5) is 4.08. The van der Waals surface area contributed by atoms with Crippen molar-refractivity contribution in [1.29, 1.82) is 0 Å². The maximum atomic E-state index is 4.08. The van der Waals surface area contributed by atoms with E-state index in [1.54, 1.807) is 0 Å². The molecule has 0 amide bonds. The Bertz CT molecular complexity index is 733. The van der Waals surface area contributed by atoms with Crippen molar-refractivity contribution in [3.05, 3.63) is 72.7 Å². The molecule has 0 atom stereocenters. The molecule has 0 aliphatic heterocycles. The van der Waals surface area contributed by atoms with Crippen LogP contribution in [-0.2, 0) is 7.05 Å². The molecule has 0 radical (unpaired) electrons. The highest BCUT2D eigenvalue weighted by molar-refractivity contribution is 5.69. The Labute approximate surface area is 119 Å². The number of nitrogens with zero attached hydrogens (tertiary/aromatic N) is 2. The number of pyridine rings is 2. The van der Waals surface area contributed by atoms with Crippen LogP contribution in [0.5, 0.6) is 0 Å². The van der Waals surface area contributed by atoms with Gasteiger partial charge in [-0.05, 0) is 41.8 Å². The molecule has 1 aromatic carbocycles. The molecule has 3 aromatic rings. The van der Waals surface area contributed by atoms with Crippen LogP contribution in [0.2, 0.25) is 0 Å². The normalized spacial score (nSPS) is 10.5. The van der Waals surface area contributed by atoms with Crippen molar-refractivity contribution in [2.45, 2.75) is 6.92 Å². The van der Waals surface area contributed by atoms with Crippen LogP contribution >= 0.6 is 0 Å². The third-order valence-corrected chi connectivity index (χ3v) is 3.58. The van der Waals surface area contributed by atoms with E-state index < -0.39 is 0 Å². The summed E-state index contributed by atoms with van der Waals surface area (Å²) < 4.78 is 2.16. The first-order valence-corrected chi connectivity index (χ1v) is 6.72. The third-order valence-electron chi connectivity index (χ3n) is 3.58. The van der Waals surface area contributed by atoms with Gasteiger partial charge in [0.2, 0.25) is 5.69 Å². The average Bonchev–Trinajstić information content (AvgIpc) is 2.49. The standard InChI is InChI=1S/C18H17N2/c1-14-5-3-4-6-17(14)18-13-16(9-12-20(18)2)15-7-10-19-11-8-15/h3-13H,1-2H3/q+1. The molecular weight excluding hydrogens is 244 g/mol. The van der Waals surface area contributed by atoms with Gasteiger partial charge in [0.15, 0.2) is 6.20 Å². The molecule has 0 bridgehead atoms. The van der Waals surface area contributed by atoms with Gasteiger partial charge in [-0.15, -0.1) is 0 Å². The first-order valence-electron chi connectivity index (χ1n) is 6.72. The molecule has 0 fully saturated rings. The predicted molar refractivity (Wildman–Crippen MR) is 81.0 cm³/mol. The van der Waals surface area contributed by atoms with Crippen molar-refractivity contribution >= 4 is 0 Å². The minimum absolute atomic E-state index is 1.19. The van der Waals surface area contributed by atoms with Crippen LogP contribution in [0.3, 0.4) is 0 Å². The van der Waals surface area contributed by atoms with Gasteiger partial charge in [0, 0.05) is 30.1 Å². The summed E-state index contributed by atoms with van der Waals surface area (Å²) in [5.74, 6) is 0. The molecule has 0 aliphatic rings. The van der Waals surface area contributed by atoms with Crippen molar-refractivity contribution in [2.75, 3.05) is 0 Å². The van der Waals surface area contributed by atoms with Gasteiger partial charge in [0.25, 0.3) is 0 Å². The molecule has 0 saturated heterocycles. The number of hydrogen-bond donors (Lipinski definition) is 0. The van der Waals surface area contributed by atoms with Crippen LogP contribution in [-0.4, -0.2) is 4.98 Å². The zero-order valence-corrected chi connectivity index (χ0v) is 11.7. The molecule has 0 saturated carbocycles. The Balaban J connectivity index is 2.15. The highest BCUT2D eigenvalue weighted by Gasteiger charge is 2.13. The molecule has 0 unspecified atom stereocenters. The van der Waals surface area contributed by atoms with E-state index in [-0.39, 0.29) is 0 Å². The molecule has 2 heterocycles. The van der Waals surface area contributed by atoms with Crippen molar-refractivity contribution in [3.63, 3.8) is 0 Å². The summed E-state index contributed by atoms with van der Waals surface area (Å²) in [7, 11) is 2.08. The molecule has 2 aromatic heterocycles. The molecule has 3 rings (SSSR count). The zero-order valence-electron chi connectivity index (χ0n) is 11.7. The summed E-state index contributed by atoms with van der Waals surface area (Å²) in [6.07, 6.45) is 5.77. The van der Waals surface area contributed by atoms with Gasteiger partial charge >= 0.3 is 0 Å². The van der Waals surface area contributed by atoms with Crippen molar-refractivity contribution < 1.29 is 4.57 Å². The molecule has 0 N–H and O–H groups in total. The van der Waals surface area contributed by atoms with Crippen LogP contribution in [0.15, 0.2) is 67.1 Å². The van der Waals surface area contributed by atoms with E-state index in [0.29, 0.717) is 0 Å². The summed E-state index contributed by atoms with van der Waals surface area (Å²) in [6, 6.07) is 16.9. The van der Waals surface area contributed by atoms with Gasteiger partial charge in [0.05, 0.1) is 0 Å². The Morgan fingerprint density at radius 2 is 1.65 bits per heavy atom. The molecule has 2 heteroatoms. The van der Waals surface area contributed by atoms with E-state index in [9.17, 15) is 0 Å². The first-order chi connectivity index (χ1) is 9.75. The Morgan fingerprint density at radius 1 is 0.900 bits per heavy atom. The number of rotatable bonds is 2. The summed E-state index contributed by atoms with van der Waals surface area (Å²) in [6.45, 7) is 2.15. The van der Waals surface area contributed by atoms with Gasteiger partial charge in [-0.2, -0.15) is 0 Å². The molecule has 0 spiro atoms. The van der Waals surface area contributed by atoms with E-state index in [1.807, 2.05) is 24.5 Å². The first kappa shape index (κ1) is 12.5. The quantitative estimate of drug-likeness (QED) is 0.645. The lowest BCUT2D eigenvalue weighted by molar-refractivity contribution is -0.660. The third kappa shape index (κ3) is 2.32. The summed E-state index contributed by atoms with van der Waals surface area (Å²) in [5, 5.41) is 0. The second kappa shape index (κ2) is 5.25. The van der Waals surface area contributed by atoms with E-state index in [1.165, 1.54) is 27.9 Å². The Morgan fingerprint density at radius 3 is 2.40 bits per heavy atom. The minimum atomic E-state index is 1.19. The molecule has 0 aliphatic carbocycles. The van der Waals surface area contributed by atoms with Gasteiger partial charge < -0.3 is 0 Å². The number of aryl methyl sites for hydroxylation is 2. The Kier molecular flexibility index (Phi) is 3.30. The van der Waals surface area contributed by atoms with Gasteiger partial charge in [-0.3, -0.25) is 4.98 Å². The van der Waals surface area contributed by atoms with Gasteiger partial charge in [0.1, 0.15) is 7.05 Å². The summed E-state index contributed by atoms with van der Waals surface area (Å²) in [5.41, 5.74) is 6.18.